The molecule has 1 amide bonds. The second-order valence-electron chi connectivity index (χ2n) is 11.9. The van der Waals surface area contributed by atoms with Crippen LogP contribution in [0.5, 0.6) is 5.75 Å². The summed E-state index contributed by atoms with van der Waals surface area (Å²) in [5.41, 5.74) is 4.15. The van der Waals surface area contributed by atoms with E-state index in [1.807, 2.05) is 32.0 Å². The quantitative estimate of drug-likeness (QED) is 0.276. The topological polar surface area (TPSA) is 96.9 Å². The normalized spacial score (nSPS) is 18.5. The summed E-state index contributed by atoms with van der Waals surface area (Å²) in [7, 11) is 0. The first-order valence-corrected chi connectivity index (χ1v) is 14.4. The molecule has 0 bridgehead atoms. The van der Waals surface area contributed by atoms with Crippen LogP contribution >= 0.6 is 0 Å². The molecule has 2 atom stereocenters. The van der Waals surface area contributed by atoms with Crippen molar-refractivity contribution in [1.82, 2.24) is 14.9 Å². The van der Waals surface area contributed by atoms with E-state index in [2.05, 4.69) is 22.1 Å². The zero-order valence-corrected chi connectivity index (χ0v) is 25.0. The van der Waals surface area contributed by atoms with Gasteiger partial charge in [-0.25, -0.2) is 19.0 Å². The first-order chi connectivity index (χ1) is 19.9. The summed E-state index contributed by atoms with van der Waals surface area (Å²) in [6.45, 7) is 12.7. The number of nitrogens with one attached hydrogen (secondary N) is 1. The van der Waals surface area contributed by atoms with Crippen molar-refractivity contribution in [2.75, 3.05) is 23.3 Å². The molecular weight excluding hydrogens is 537 g/mol. The number of aryl methyl sites for hydroxylation is 1. The van der Waals surface area contributed by atoms with Gasteiger partial charge in [-0.15, -0.1) is 0 Å². The molecule has 1 saturated heterocycles. The molecule has 0 aliphatic carbocycles. The van der Waals surface area contributed by atoms with Crippen molar-refractivity contribution in [3.05, 3.63) is 70.7 Å². The van der Waals surface area contributed by atoms with Crippen molar-refractivity contribution in [3.63, 3.8) is 0 Å². The van der Waals surface area contributed by atoms with Crippen LogP contribution < -0.4 is 15.0 Å². The predicted octanol–water partition coefficient (Wildman–Crippen LogP) is 6.40. The van der Waals surface area contributed by atoms with Crippen molar-refractivity contribution in [1.29, 1.82) is 0 Å². The Morgan fingerprint density at radius 2 is 1.79 bits per heavy atom. The fraction of sp³-hybridized carbons (Fsp3) is 0.438. The van der Waals surface area contributed by atoms with Crippen LogP contribution in [0, 0.1) is 19.7 Å². The van der Waals surface area contributed by atoms with E-state index in [-0.39, 0.29) is 11.9 Å². The van der Waals surface area contributed by atoms with Crippen LogP contribution in [0.25, 0.3) is 0 Å². The molecule has 42 heavy (non-hydrogen) atoms. The van der Waals surface area contributed by atoms with Gasteiger partial charge in [0.15, 0.2) is 0 Å². The highest BCUT2D eigenvalue weighted by Gasteiger charge is 2.38. The van der Waals surface area contributed by atoms with Gasteiger partial charge in [0.1, 0.15) is 29.0 Å². The van der Waals surface area contributed by atoms with Crippen molar-refractivity contribution in [2.45, 2.75) is 78.5 Å². The lowest BCUT2D eigenvalue weighted by atomic mass is 9.93. The molecule has 0 radical (unpaired) electrons. The fourth-order valence-corrected chi connectivity index (χ4v) is 5.51. The smallest absolute Gasteiger partial charge is 0.411 e. The molecule has 2 aliphatic heterocycles. The van der Waals surface area contributed by atoms with Gasteiger partial charge in [0.25, 0.3) is 0 Å². The van der Waals surface area contributed by atoms with Gasteiger partial charge in [0.2, 0.25) is 5.95 Å². The lowest BCUT2D eigenvalue weighted by molar-refractivity contribution is -0.139. The molecule has 222 valence electrons. The predicted molar refractivity (Wildman–Crippen MR) is 159 cm³/mol. The molecule has 0 saturated carbocycles. The van der Waals surface area contributed by atoms with Gasteiger partial charge >= 0.3 is 12.1 Å². The molecule has 0 spiro atoms. The third-order valence-electron chi connectivity index (χ3n) is 7.76. The number of rotatable bonds is 5. The minimum Gasteiger partial charge on any atom is -0.444 e. The minimum absolute atomic E-state index is 0.0164. The number of hydrogen-bond acceptors (Lipinski definition) is 8. The van der Waals surface area contributed by atoms with E-state index in [0.29, 0.717) is 36.9 Å². The summed E-state index contributed by atoms with van der Waals surface area (Å²) in [6.07, 6.45) is 1.51. The van der Waals surface area contributed by atoms with Crippen LogP contribution in [-0.2, 0) is 16.0 Å². The van der Waals surface area contributed by atoms with Crippen molar-refractivity contribution in [2.24, 2.45) is 0 Å². The molecule has 10 heteroatoms. The second-order valence-corrected chi connectivity index (χ2v) is 11.9. The first-order valence-electron chi connectivity index (χ1n) is 14.4. The zero-order chi connectivity index (χ0) is 30.2. The van der Waals surface area contributed by atoms with Crippen LogP contribution in [0.1, 0.15) is 69.0 Å². The number of carbonyl (C=O) groups is 2. The van der Waals surface area contributed by atoms with E-state index in [4.69, 9.17) is 14.5 Å². The summed E-state index contributed by atoms with van der Waals surface area (Å²) in [5, 5.41) is 3.19. The van der Waals surface area contributed by atoms with E-state index in [9.17, 15) is 14.0 Å². The maximum atomic E-state index is 13.4. The number of hydrogen-bond donors (Lipinski definition) is 1. The molecule has 2 aromatic carbocycles. The van der Waals surface area contributed by atoms with Crippen molar-refractivity contribution >= 4 is 29.5 Å². The molecule has 2 aliphatic rings. The molecule has 2 unspecified atom stereocenters. The maximum Gasteiger partial charge on any atom is 0.411 e. The highest BCUT2D eigenvalue weighted by Crippen LogP contribution is 2.37. The summed E-state index contributed by atoms with van der Waals surface area (Å²) >= 11 is 0. The molecule has 9 nitrogen and oxygen atoms in total. The number of benzene rings is 2. The number of fused-ring (bicyclic) bond motifs is 1. The molecule has 1 aromatic heterocycles. The van der Waals surface area contributed by atoms with E-state index in [1.54, 1.807) is 32.9 Å². The number of likely N-dealkylation sites (tertiary alicyclic amines) is 1. The third kappa shape index (κ3) is 6.32. The number of esters is 1. The highest BCUT2D eigenvalue weighted by molar-refractivity contribution is 5.83. The van der Waals surface area contributed by atoms with E-state index in [0.717, 1.165) is 41.0 Å². The molecule has 1 N–H and O–H groups in total. The Morgan fingerprint density at radius 1 is 1.05 bits per heavy atom. The monoisotopic (exact) mass is 575 g/mol. The Bertz CT molecular complexity index is 1490. The standard InChI is InChI=1S/C32H38FN5O4/c1-19-20(2)34-30(35-24-11-9-23(33)10-12-24)36-28(19)37-17-15-22-18-25(13-14-26(22)21(37)3)41-29(39)27-8-7-16-38(27)31(40)42-32(4,5)6/h9-14,18,21,27H,7-8,15-17H2,1-6H3,(H,34,35,36). The second kappa shape index (κ2) is 11.6. The molecule has 3 heterocycles. The summed E-state index contributed by atoms with van der Waals surface area (Å²) < 4.78 is 24.6. The van der Waals surface area contributed by atoms with Crippen LogP contribution in [0.4, 0.5) is 26.6 Å². The average Bonchev–Trinajstić information content (AvgIpc) is 3.42. The summed E-state index contributed by atoms with van der Waals surface area (Å²) in [4.78, 5) is 38.9. The number of ether oxygens (including phenoxy) is 2. The molecule has 1 fully saturated rings. The molecular formula is C32H38FN5O4. The van der Waals surface area contributed by atoms with Crippen LogP contribution in [0.2, 0.25) is 0 Å². The SMILES string of the molecule is Cc1nc(Nc2ccc(F)cc2)nc(N2CCc3cc(OC(=O)C4CCCN4C(=O)OC(C)(C)C)ccc3C2C)c1C. The van der Waals surface area contributed by atoms with E-state index in [1.165, 1.54) is 17.0 Å². The number of nitrogens with zero attached hydrogens (tertiary/aromatic N) is 4. The van der Waals surface area contributed by atoms with Crippen LogP contribution in [0.3, 0.4) is 0 Å². The Kier molecular flexibility index (Phi) is 8.08. The van der Waals surface area contributed by atoms with Gasteiger partial charge in [-0.2, -0.15) is 4.98 Å². The van der Waals surface area contributed by atoms with Gasteiger partial charge < -0.3 is 19.7 Å². The number of anilines is 3. The molecule has 3 aromatic rings. The van der Waals surface area contributed by atoms with Gasteiger partial charge in [-0.05, 0) is 108 Å². The largest absolute Gasteiger partial charge is 0.444 e. The fourth-order valence-electron chi connectivity index (χ4n) is 5.51. The Morgan fingerprint density at radius 3 is 2.50 bits per heavy atom. The number of amides is 1. The number of halogens is 1. The zero-order valence-electron chi connectivity index (χ0n) is 25.0. The van der Waals surface area contributed by atoms with Gasteiger partial charge in [-0.1, -0.05) is 6.07 Å². The van der Waals surface area contributed by atoms with Gasteiger partial charge in [0.05, 0.1) is 6.04 Å². The van der Waals surface area contributed by atoms with Crippen LogP contribution in [-0.4, -0.2) is 51.7 Å². The number of aromatic nitrogens is 2. The maximum absolute atomic E-state index is 13.4. The van der Waals surface area contributed by atoms with Gasteiger partial charge in [-0.3, -0.25) is 4.90 Å². The summed E-state index contributed by atoms with van der Waals surface area (Å²) in [5.74, 6) is 1.01. The van der Waals surface area contributed by atoms with E-state index >= 15 is 0 Å². The Balaban J connectivity index is 1.31. The van der Waals surface area contributed by atoms with Crippen molar-refractivity contribution < 1.29 is 23.5 Å². The highest BCUT2D eigenvalue weighted by atomic mass is 19.1. The van der Waals surface area contributed by atoms with E-state index < -0.39 is 23.7 Å². The summed E-state index contributed by atoms with van der Waals surface area (Å²) in [6, 6.07) is 11.2. The molecule has 5 rings (SSSR count). The van der Waals surface area contributed by atoms with Crippen LogP contribution in [0.15, 0.2) is 42.5 Å². The third-order valence-corrected chi connectivity index (χ3v) is 7.76. The average molecular weight is 576 g/mol. The first kappa shape index (κ1) is 29.3. The lowest BCUT2D eigenvalue weighted by Gasteiger charge is -2.37. The Labute approximate surface area is 246 Å². The lowest BCUT2D eigenvalue weighted by Crippen LogP contribution is -2.44. The van der Waals surface area contributed by atoms with Crippen molar-refractivity contribution in [3.8, 4) is 5.75 Å². The minimum atomic E-state index is -0.660. The van der Waals surface area contributed by atoms with Gasteiger partial charge in [0, 0.05) is 30.0 Å². The Hall–Kier alpha value is -4.21. The number of carbonyl (C=O) groups excluding carboxylic acids is 2.